The minimum atomic E-state index is -0.255. The quantitative estimate of drug-likeness (QED) is 0.806. The Bertz CT molecular complexity index is 553. The van der Waals surface area contributed by atoms with Gasteiger partial charge < -0.3 is 14.2 Å². The highest BCUT2D eigenvalue weighted by Gasteiger charge is 2.38. The molecule has 0 radical (unpaired) electrons. The van der Waals surface area contributed by atoms with Crippen LogP contribution in [0.25, 0.3) is 0 Å². The fourth-order valence-electron chi connectivity index (χ4n) is 2.80. The Morgan fingerprint density at radius 3 is 2.62 bits per heavy atom. The molecular formula is C15H21ClN2O3. The first kappa shape index (κ1) is 15.9. The number of hydrogen-bond donors (Lipinski definition) is 0. The number of methoxy groups -OCH3 is 1. The minimum Gasteiger partial charge on any atom is -0.469 e. The summed E-state index contributed by atoms with van der Waals surface area (Å²) in [6.45, 7) is 6.91. The molecule has 116 valence electrons. The van der Waals surface area contributed by atoms with Crippen LogP contribution in [0.15, 0.2) is 12.3 Å². The van der Waals surface area contributed by atoms with E-state index in [-0.39, 0.29) is 29.8 Å². The van der Waals surface area contributed by atoms with Gasteiger partial charge in [0, 0.05) is 25.3 Å². The average Bonchev–Trinajstić information content (AvgIpc) is 3.00. The van der Waals surface area contributed by atoms with Gasteiger partial charge in [0.05, 0.1) is 18.1 Å². The largest absolute Gasteiger partial charge is 0.469 e. The van der Waals surface area contributed by atoms with Crippen LogP contribution in [-0.2, 0) is 9.53 Å². The highest BCUT2D eigenvalue weighted by molar-refractivity contribution is 6.31. The molecule has 1 aliphatic heterocycles. The maximum atomic E-state index is 12.7. The molecule has 5 nitrogen and oxygen atoms in total. The second-order valence-electron chi connectivity index (χ2n) is 5.86. The Hall–Kier alpha value is -1.49. The van der Waals surface area contributed by atoms with Crippen molar-refractivity contribution in [2.24, 2.45) is 11.8 Å². The molecule has 21 heavy (non-hydrogen) atoms. The SMILES string of the molecule is COC(=O)C1CN(C(=O)c2cc(Cl)cn2C(C)C)CC1C. The molecule has 2 atom stereocenters. The molecule has 0 N–H and O–H groups in total. The summed E-state index contributed by atoms with van der Waals surface area (Å²) in [5, 5.41) is 0.545. The van der Waals surface area contributed by atoms with Crippen LogP contribution < -0.4 is 0 Å². The highest BCUT2D eigenvalue weighted by Crippen LogP contribution is 2.27. The molecule has 1 aromatic heterocycles. The van der Waals surface area contributed by atoms with Crippen LogP contribution >= 0.6 is 11.6 Å². The van der Waals surface area contributed by atoms with Crippen molar-refractivity contribution < 1.29 is 14.3 Å². The number of carbonyl (C=O) groups is 2. The van der Waals surface area contributed by atoms with E-state index in [0.29, 0.717) is 23.8 Å². The van der Waals surface area contributed by atoms with E-state index in [1.807, 2.05) is 25.3 Å². The van der Waals surface area contributed by atoms with Crippen LogP contribution in [0.3, 0.4) is 0 Å². The van der Waals surface area contributed by atoms with Gasteiger partial charge in [0.25, 0.3) is 5.91 Å². The van der Waals surface area contributed by atoms with E-state index in [4.69, 9.17) is 16.3 Å². The molecule has 0 saturated carbocycles. The van der Waals surface area contributed by atoms with Crippen molar-refractivity contribution in [3.05, 3.63) is 23.0 Å². The Balaban J connectivity index is 2.20. The minimum absolute atomic E-state index is 0.0890. The first-order valence-electron chi connectivity index (χ1n) is 7.09. The molecule has 1 amide bonds. The molecule has 0 spiro atoms. The number of nitrogens with zero attached hydrogens (tertiary/aromatic N) is 2. The van der Waals surface area contributed by atoms with Crippen LogP contribution in [0.2, 0.25) is 5.02 Å². The van der Waals surface area contributed by atoms with E-state index >= 15 is 0 Å². The van der Waals surface area contributed by atoms with Gasteiger partial charge >= 0.3 is 5.97 Å². The van der Waals surface area contributed by atoms with Gasteiger partial charge in [-0.25, -0.2) is 0 Å². The molecule has 1 saturated heterocycles. The number of amides is 1. The van der Waals surface area contributed by atoms with Crippen LogP contribution in [-0.4, -0.2) is 41.5 Å². The fraction of sp³-hybridized carbons (Fsp3) is 0.600. The van der Waals surface area contributed by atoms with Crippen LogP contribution in [0.1, 0.15) is 37.3 Å². The van der Waals surface area contributed by atoms with Crippen molar-refractivity contribution in [3.63, 3.8) is 0 Å². The van der Waals surface area contributed by atoms with Crippen LogP contribution in [0.4, 0.5) is 0 Å². The van der Waals surface area contributed by atoms with Crippen LogP contribution in [0, 0.1) is 11.8 Å². The summed E-state index contributed by atoms with van der Waals surface area (Å²) >= 11 is 6.02. The number of rotatable bonds is 3. The number of halogens is 1. The van der Waals surface area contributed by atoms with Gasteiger partial charge in [-0.1, -0.05) is 18.5 Å². The first-order chi connectivity index (χ1) is 9.85. The summed E-state index contributed by atoms with van der Waals surface area (Å²) in [5.74, 6) is -0.500. The summed E-state index contributed by atoms with van der Waals surface area (Å²) < 4.78 is 6.66. The third kappa shape index (κ3) is 3.07. The number of aromatic nitrogens is 1. The van der Waals surface area contributed by atoms with Crippen LogP contribution in [0.5, 0.6) is 0 Å². The van der Waals surface area contributed by atoms with E-state index in [1.165, 1.54) is 7.11 Å². The summed E-state index contributed by atoms with van der Waals surface area (Å²) in [5.41, 5.74) is 0.563. The zero-order valence-corrected chi connectivity index (χ0v) is 13.6. The Morgan fingerprint density at radius 2 is 2.05 bits per heavy atom. The maximum absolute atomic E-state index is 12.7. The van der Waals surface area contributed by atoms with Gasteiger partial charge in [0.1, 0.15) is 5.69 Å². The highest BCUT2D eigenvalue weighted by atomic mass is 35.5. The van der Waals surface area contributed by atoms with Crippen molar-refractivity contribution >= 4 is 23.5 Å². The molecule has 1 aliphatic rings. The molecule has 0 bridgehead atoms. The third-order valence-corrected chi connectivity index (χ3v) is 4.20. The van der Waals surface area contributed by atoms with Gasteiger partial charge in [-0.15, -0.1) is 0 Å². The van der Waals surface area contributed by atoms with Crippen molar-refractivity contribution in [2.45, 2.75) is 26.8 Å². The maximum Gasteiger partial charge on any atom is 0.310 e. The fourth-order valence-corrected chi connectivity index (χ4v) is 3.01. The van der Waals surface area contributed by atoms with E-state index < -0.39 is 0 Å². The molecule has 2 heterocycles. The number of ether oxygens (including phenoxy) is 1. The summed E-state index contributed by atoms with van der Waals surface area (Å²) in [6.07, 6.45) is 1.76. The second kappa shape index (κ2) is 6.10. The predicted octanol–water partition coefficient (Wildman–Crippen LogP) is 2.60. The monoisotopic (exact) mass is 312 g/mol. The van der Waals surface area contributed by atoms with Crippen molar-refractivity contribution in [3.8, 4) is 0 Å². The topological polar surface area (TPSA) is 51.5 Å². The third-order valence-electron chi connectivity index (χ3n) is 3.99. The number of likely N-dealkylation sites (tertiary alicyclic amines) is 1. The molecule has 2 unspecified atom stereocenters. The molecule has 0 aromatic carbocycles. The van der Waals surface area contributed by atoms with Gasteiger partial charge in [-0.3, -0.25) is 9.59 Å². The van der Waals surface area contributed by atoms with E-state index in [0.717, 1.165) is 0 Å². The van der Waals surface area contributed by atoms with Crippen molar-refractivity contribution in [2.75, 3.05) is 20.2 Å². The van der Waals surface area contributed by atoms with Gasteiger partial charge in [0.2, 0.25) is 0 Å². The lowest BCUT2D eigenvalue weighted by Crippen LogP contribution is -2.32. The number of carbonyl (C=O) groups excluding carboxylic acids is 2. The smallest absolute Gasteiger partial charge is 0.310 e. The lowest BCUT2D eigenvalue weighted by molar-refractivity contribution is -0.146. The molecule has 1 fully saturated rings. The predicted molar refractivity (Wildman–Crippen MR) is 80.4 cm³/mol. The average molecular weight is 313 g/mol. The lowest BCUT2D eigenvalue weighted by Gasteiger charge is -2.19. The zero-order chi connectivity index (χ0) is 15.7. The van der Waals surface area contributed by atoms with E-state index in [9.17, 15) is 9.59 Å². The van der Waals surface area contributed by atoms with Crippen molar-refractivity contribution in [1.29, 1.82) is 0 Å². The Kier molecular flexibility index (Phi) is 4.61. The molecule has 2 rings (SSSR count). The van der Waals surface area contributed by atoms with E-state index in [2.05, 4.69) is 0 Å². The first-order valence-corrected chi connectivity index (χ1v) is 7.47. The molecular weight excluding hydrogens is 292 g/mol. The zero-order valence-electron chi connectivity index (χ0n) is 12.8. The van der Waals surface area contributed by atoms with Gasteiger partial charge in [-0.2, -0.15) is 0 Å². The molecule has 6 heteroatoms. The summed E-state index contributed by atoms with van der Waals surface area (Å²) in [4.78, 5) is 26.1. The lowest BCUT2D eigenvalue weighted by atomic mass is 9.99. The standard InChI is InChI=1S/C15H21ClN2O3/c1-9(2)18-7-11(16)5-13(18)14(19)17-6-10(3)12(8-17)15(20)21-4/h5,7,9-10,12H,6,8H2,1-4H3. The van der Waals surface area contributed by atoms with Gasteiger partial charge in [-0.05, 0) is 25.8 Å². The summed E-state index contributed by atoms with van der Waals surface area (Å²) in [7, 11) is 1.38. The second-order valence-corrected chi connectivity index (χ2v) is 6.30. The Labute approximate surface area is 129 Å². The Morgan fingerprint density at radius 1 is 1.38 bits per heavy atom. The summed E-state index contributed by atoms with van der Waals surface area (Å²) in [6, 6.07) is 1.83. The molecule has 0 aliphatic carbocycles. The van der Waals surface area contributed by atoms with Gasteiger partial charge in [0.15, 0.2) is 0 Å². The normalized spacial score (nSPS) is 21.9. The molecule has 1 aromatic rings. The van der Waals surface area contributed by atoms with E-state index in [1.54, 1.807) is 17.2 Å². The number of hydrogen-bond acceptors (Lipinski definition) is 3. The number of esters is 1. The van der Waals surface area contributed by atoms with Crippen molar-refractivity contribution in [1.82, 2.24) is 9.47 Å².